The number of hydrogen-bond acceptors (Lipinski definition) is 5. The second kappa shape index (κ2) is 5.51. The van der Waals surface area contributed by atoms with Crippen LogP contribution in [0.2, 0.25) is 0 Å². The maximum atomic E-state index is 12.0. The van der Waals surface area contributed by atoms with Gasteiger partial charge in [0.2, 0.25) is 0 Å². The highest BCUT2D eigenvalue weighted by molar-refractivity contribution is 7.90. The number of ether oxygens (including phenoxy) is 1. The van der Waals surface area contributed by atoms with Crippen molar-refractivity contribution < 1.29 is 23.1 Å². The maximum Gasteiger partial charge on any atom is 0.337 e. The standard InChI is InChI=1S/C10H13N3O5S/c14-10(15)8-1-2-9(11-7-8)12-19(16,17)13-3-5-18-6-4-13/h1-2,7H,3-6H2,(H,11,12)(H,14,15). The van der Waals surface area contributed by atoms with Crippen molar-refractivity contribution in [3.63, 3.8) is 0 Å². The van der Waals surface area contributed by atoms with E-state index in [1.54, 1.807) is 0 Å². The molecule has 0 amide bonds. The lowest BCUT2D eigenvalue weighted by atomic mass is 10.3. The van der Waals surface area contributed by atoms with Crippen LogP contribution in [-0.4, -0.2) is 55.1 Å². The molecule has 9 heteroatoms. The molecule has 19 heavy (non-hydrogen) atoms. The first-order valence-electron chi connectivity index (χ1n) is 5.54. The Kier molecular flexibility index (Phi) is 3.98. The van der Waals surface area contributed by atoms with Gasteiger partial charge in [0.05, 0.1) is 18.8 Å². The highest BCUT2D eigenvalue weighted by atomic mass is 32.2. The molecule has 1 aliphatic heterocycles. The SMILES string of the molecule is O=C(O)c1ccc(NS(=O)(=O)N2CCOCC2)nc1. The van der Waals surface area contributed by atoms with Gasteiger partial charge in [0.15, 0.2) is 0 Å². The third-order valence-corrected chi connectivity index (χ3v) is 4.07. The lowest BCUT2D eigenvalue weighted by molar-refractivity contribution is 0.0696. The van der Waals surface area contributed by atoms with Crippen LogP contribution in [0, 0.1) is 0 Å². The van der Waals surface area contributed by atoms with Crippen molar-refractivity contribution in [1.29, 1.82) is 0 Å². The molecule has 0 unspecified atom stereocenters. The van der Waals surface area contributed by atoms with Gasteiger partial charge in [0.25, 0.3) is 0 Å². The fourth-order valence-corrected chi connectivity index (χ4v) is 2.71. The van der Waals surface area contributed by atoms with Gasteiger partial charge in [-0.25, -0.2) is 9.78 Å². The summed E-state index contributed by atoms with van der Waals surface area (Å²) in [6.45, 7) is 1.27. The quantitative estimate of drug-likeness (QED) is 0.791. The van der Waals surface area contributed by atoms with Crippen molar-refractivity contribution in [2.75, 3.05) is 31.0 Å². The molecule has 104 valence electrons. The first-order chi connectivity index (χ1) is 8.99. The van der Waals surface area contributed by atoms with E-state index in [2.05, 4.69) is 9.71 Å². The van der Waals surface area contributed by atoms with Gasteiger partial charge in [-0.3, -0.25) is 4.72 Å². The zero-order valence-electron chi connectivity index (χ0n) is 9.94. The number of morpholine rings is 1. The van der Waals surface area contributed by atoms with Crippen molar-refractivity contribution in [3.8, 4) is 0 Å². The van der Waals surface area contributed by atoms with Gasteiger partial charge in [-0.2, -0.15) is 12.7 Å². The zero-order chi connectivity index (χ0) is 13.9. The summed E-state index contributed by atoms with van der Waals surface area (Å²) in [5.74, 6) is -1.04. The molecule has 0 bridgehead atoms. The molecule has 1 fully saturated rings. The van der Waals surface area contributed by atoms with E-state index in [0.29, 0.717) is 13.2 Å². The topological polar surface area (TPSA) is 109 Å². The van der Waals surface area contributed by atoms with Crippen molar-refractivity contribution in [1.82, 2.24) is 9.29 Å². The maximum absolute atomic E-state index is 12.0. The van der Waals surface area contributed by atoms with Crippen LogP contribution in [0.15, 0.2) is 18.3 Å². The monoisotopic (exact) mass is 287 g/mol. The summed E-state index contributed by atoms with van der Waals surface area (Å²) >= 11 is 0. The number of anilines is 1. The summed E-state index contributed by atoms with van der Waals surface area (Å²) in [4.78, 5) is 14.4. The lowest BCUT2D eigenvalue weighted by Crippen LogP contribution is -2.43. The number of hydrogen-bond donors (Lipinski definition) is 2. The van der Waals surface area contributed by atoms with Gasteiger partial charge in [-0.15, -0.1) is 0 Å². The Morgan fingerprint density at radius 3 is 2.58 bits per heavy atom. The minimum atomic E-state index is -3.68. The molecule has 0 saturated carbocycles. The van der Waals surface area contributed by atoms with Crippen molar-refractivity contribution in [3.05, 3.63) is 23.9 Å². The molecule has 0 spiro atoms. The van der Waals surface area contributed by atoms with Crippen LogP contribution in [-0.2, 0) is 14.9 Å². The number of aromatic nitrogens is 1. The second-order valence-electron chi connectivity index (χ2n) is 3.86. The largest absolute Gasteiger partial charge is 0.478 e. The van der Waals surface area contributed by atoms with Crippen molar-refractivity contribution in [2.45, 2.75) is 0 Å². The Balaban J connectivity index is 2.09. The number of rotatable bonds is 4. The third-order valence-electron chi connectivity index (χ3n) is 2.55. The summed E-state index contributed by atoms with van der Waals surface area (Å²) in [6, 6.07) is 2.59. The van der Waals surface area contributed by atoms with Gasteiger partial charge in [0.1, 0.15) is 5.82 Å². The molecule has 1 saturated heterocycles. The van der Waals surface area contributed by atoms with E-state index in [-0.39, 0.29) is 24.5 Å². The molecule has 8 nitrogen and oxygen atoms in total. The molecule has 0 aromatic carbocycles. The molecule has 2 rings (SSSR count). The van der Waals surface area contributed by atoms with Gasteiger partial charge >= 0.3 is 16.2 Å². The number of carboxylic acid groups (broad SMARTS) is 1. The number of pyridine rings is 1. The molecule has 1 aliphatic rings. The van der Waals surface area contributed by atoms with Crippen LogP contribution >= 0.6 is 0 Å². The van der Waals surface area contributed by atoms with E-state index >= 15 is 0 Å². The predicted molar refractivity (Wildman–Crippen MR) is 66.1 cm³/mol. The Morgan fingerprint density at radius 2 is 2.05 bits per heavy atom. The van der Waals surface area contributed by atoms with Gasteiger partial charge in [0, 0.05) is 19.3 Å². The van der Waals surface area contributed by atoms with Crippen molar-refractivity contribution >= 4 is 22.0 Å². The summed E-state index contributed by atoms with van der Waals surface area (Å²) in [7, 11) is -3.68. The molecule has 1 aromatic rings. The van der Waals surface area contributed by atoms with Crippen LogP contribution in [0.25, 0.3) is 0 Å². The summed E-state index contributed by atoms with van der Waals surface area (Å²) in [5.41, 5.74) is -0.00526. The fraction of sp³-hybridized carbons (Fsp3) is 0.400. The number of aromatic carboxylic acids is 1. The van der Waals surface area contributed by atoms with E-state index in [4.69, 9.17) is 9.84 Å². The number of nitrogens with one attached hydrogen (secondary N) is 1. The van der Waals surface area contributed by atoms with Crippen LogP contribution in [0.1, 0.15) is 10.4 Å². The lowest BCUT2D eigenvalue weighted by Gasteiger charge is -2.26. The van der Waals surface area contributed by atoms with Crippen LogP contribution in [0.3, 0.4) is 0 Å². The normalized spacial score (nSPS) is 17.1. The Hall–Kier alpha value is -1.71. The molecular weight excluding hydrogens is 274 g/mol. The van der Waals surface area contributed by atoms with E-state index in [1.165, 1.54) is 16.4 Å². The molecule has 0 radical (unpaired) electrons. The third kappa shape index (κ3) is 3.40. The van der Waals surface area contributed by atoms with E-state index in [0.717, 1.165) is 6.20 Å². The van der Waals surface area contributed by atoms with E-state index in [1.807, 2.05) is 0 Å². The predicted octanol–water partition coefficient (Wildman–Crippen LogP) is -0.231. The van der Waals surface area contributed by atoms with Crippen LogP contribution < -0.4 is 4.72 Å². The first kappa shape index (κ1) is 13.7. The molecule has 1 aromatic heterocycles. The highest BCUT2D eigenvalue weighted by Gasteiger charge is 2.24. The number of nitrogens with zero attached hydrogens (tertiary/aromatic N) is 2. The zero-order valence-corrected chi connectivity index (χ0v) is 10.8. The van der Waals surface area contributed by atoms with Crippen LogP contribution in [0.4, 0.5) is 5.82 Å². The van der Waals surface area contributed by atoms with Gasteiger partial charge in [-0.1, -0.05) is 0 Å². The summed E-state index contributed by atoms with van der Waals surface area (Å²) in [5, 5.41) is 8.71. The number of carbonyl (C=O) groups is 1. The van der Waals surface area contributed by atoms with E-state index < -0.39 is 16.2 Å². The Bertz CT molecular complexity index is 551. The molecule has 0 atom stereocenters. The number of carboxylic acids is 1. The fourth-order valence-electron chi connectivity index (χ4n) is 1.56. The van der Waals surface area contributed by atoms with Gasteiger partial charge in [-0.05, 0) is 12.1 Å². The van der Waals surface area contributed by atoms with E-state index in [9.17, 15) is 13.2 Å². The Labute approximate surface area is 110 Å². The molecule has 2 N–H and O–H groups in total. The van der Waals surface area contributed by atoms with Crippen LogP contribution in [0.5, 0.6) is 0 Å². The minimum Gasteiger partial charge on any atom is -0.478 e. The highest BCUT2D eigenvalue weighted by Crippen LogP contribution is 2.11. The van der Waals surface area contributed by atoms with Gasteiger partial charge < -0.3 is 9.84 Å². The van der Waals surface area contributed by atoms with Crippen molar-refractivity contribution in [2.24, 2.45) is 0 Å². The first-order valence-corrected chi connectivity index (χ1v) is 6.98. The molecule has 2 heterocycles. The minimum absolute atomic E-state index is 0.00526. The average Bonchev–Trinajstić information content (AvgIpc) is 2.40. The average molecular weight is 287 g/mol. The molecular formula is C10H13N3O5S. The second-order valence-corrected chi connectivity index (χ2v) is 5.53. The molecule has 0 aliphatic carbocycles. The Morgan fingerprint density at radius 1 is 1.37 bits per heavy atom. The smallest absolute Gasteiger partial charge is 0.337 e. The summed E-state index contributed by atoms with van der Waals surface area (Å²) < 4.78 is 32.6. The summed E-state index contributed by atoms with van der Waals surface area (Å²) in [6.07, 6.45) is 1.10.